The van der Waals surface area contributed by atoms with Crippen molar-refractivity contribution in [2.45, 2.75) is 25.3 Å². The molecule has 1 aliphatic rings. The quantitative estimate of drug-likeness (QED) is 0.891. The summed E-state index contributed by atoms with van der Waals surface area (Å²) in [4.78, 5) is 12.0. The van der Waals surface area contributed by atoms with E-state index in [2.05, 4.69) is 5.32 Å². The lowest BCUT2D eigenvalue weighted by molar-refractivity contribution is -0.119. The summed E-state index contributed by atoms with van der Waals surface area (Å²) >= 11 is 0. The molecule has 4 nitrogen and oxygen atoms in total. The van der Waals surface area contributed by atoms with Gasteiger partial charge in [-0.15, -0.1) is 0 Å². The highest BCUT2D eigenvalue weighted by Gasteiger charge is 2.26. The lowest BCUT2D eigenvalue weighted by atomic mass is 9.92. The molecule has 6 heteroatoms. The number of rotatable bonds is 4. The van der Waals surface area contributed by atoms with Gasteiger partial charge in [0.05, 0.1) is 6.04 Å². The number of carbonyl (C=O) groups excluding carboxylic acids is 1. The predicted molar refractivity (Wildman–Crippen MR) is 71.5 cm³/mol. The van der Waals surface area contributed by atoms with Crippen molar-refractivity contribution in [3.05, 3.63) is 29.8 Å². The molecule has 1 aliphatic heterocycles. The molecule has 110 valence electrons. The second-order valence-electron chi connectivity index (χ2n) is 4.89. The SMILES string of the molecule is NC(C(=O)Nc1cccc(C(F)F)c1)C1CCOCC1. The van der Waals surface area contributed by atoms with Crippen LogP contribution in [0.2, 0.25) is 0 Å². The maximum Gasteiger partial charge on any atom is 0.263 e. The molecule has 1 aromatic rings. The summed E-state index contributed by atoms with van der Waals surface area (Å²) in [5.74, 6) is -0.273. The van der Waals surface area contributed by atoms with E-state index in [1.807, 2.05) is 0 Å². The van der Waals surface area contributed by atoms with Crippen LogP contribution in [0.15, 0.2) is 24.3 Å². The van der Waals surface area contributed by atoms with E-state index in [9.17, 15) is 13.6 Å². The van der Waals surface area contributed by atoms with Gasteiger partial charge in [0.1, 0.15) is 0 Å². The van der Waals surface area contributed by atoms with Crippen LogP contribution in [0, 0.1) is 5.92 Å². The minimum Gasteiger partial charge on any atom is -0.381 e. The van der Waals surface area contributed by atoms with Crippen LogP contribution in [0.5, 0.6) is 0 Å². The topological polar surface area (TPSA) is 64.4 Å². The van der Waals surface area contributed by atoms with E-state index in [-0.39, 0.29) is 17.4 Å². The second kappa shape index (κ2) is 6.76. The Bertz CT molecular complexity index is 462. The van der Waals surface area contributed by atoms with Crippen LogP contribution in [0.3, 0.4) is 0 Å². The van der Waals surface area contributed by atoms with Crippen molar-refractivity contribution in [3.63, 3.8) is 0 Å². The van der Waals surface area contributed by atoms with Crippen molar-refractivity contribution in [2.75, 3.05) is 18.5 Å². The number of ether oxygens (including phenoxy) is 1. The molecule has 0 radical (unpaired) electrons. The molecule has 20 heavy (non-hydrogen) atoms. The van der Waals surface area contributed by atoms with E-state index < -0.39 is 12.5 Å². The number of amides is 1. The third-order valence-corrected chi connectivity index (χ3v) is 3.48. The normalized spacial score (nSPS) is 18.0. The van der Waals surface area contributed by atoms with Gasteiger partial charge in [-0.2, -0.15) is 0 Å². The molecule has 0 saturated carbocycles. The minimum atomic E-state index is -2.56. The number of hydrogen-bond acceptors (Lipinski definition) is 3. The van der Waals surface area contributed by atoms with Gasteiger partial charge in [0, 0.05) is 24.5 Å². The van der Waals surface area contributed by atoms with Crippen LogP contribution in [-0.2, 0) is 9.53 Å². The smallest absolute Gasteiger partial charge is 0.263 e. The first-order chi connectivity index (χ1) is 9.58. The van der Waals surface area contributed by atoms with E-state index in [0.717, 1.165) is 12.8 Å². The summed E-state index contributed by atoms with van der Waals surface area (Å²) < 4.78 is 30.4. The average molecular weight is 284 g/mol. The number of nitrogens with one attached hydrogen (secondary N) is 1. The van der Waals surface area contributed by atoms with Gasteiger partial charge >= 0.3 is 0 Å². The molecule has 1 amide bonds. The zero-order chi connectivity index (χ0) is 14.5. The zero-order valence-electron chi connectivity index (χ0n) is 11.0. The number of nitrogens with two attached hydrogens (primary N) is 1. The van der Waals surface area contributed by atoms with Gasteiger partial charge in [-0.1, -0.05) is 12.1 Å². The molecule has 1 saturated heterocycles. The highest BCUT2D eigenvalue weighted by atomic mass is 19.3. The van der Waals surface area contributed by atoms with Crippen molar-refractivity contribution in [2.24, 2.45) is 11.7 Å². The van der Waals surface area contributed by atoms with Crippen LogP contribution in [0.4, 0.5) is 14.5 Å². The van der Waals surface area contributed by atoms with Gasteiger partial charge in [0.2, 0.25) is 5.91 Å². The molecule has 1 atom stereocenters. The van der Waals surface area contributed by atoms with E-state index in [1.54, 1.807) is 6.07 Å². The minimum absolute atomic E-state index is 0.0713. The van der Waals surface area contributed by atoms with Crippen LogP contribution in [-0.4, -0.2) is 25.2 Å². The highest BCUT2D eigenvalue weighted by Crippen LogP contribution is 2.23. The van der Waals surface area contributed by atoms with E-state index in [4.69, 9.17) is 10.5 Å². The molecule has 1 aromatic carbocycles. The second-order valence-corrected chi connectivity index (χ2v) is 4.89. The molecule has 0 aromatic heterocycles. The van der Waals surface area contributed by atoms with Crippen LogP contribution in [0.1, 0.15) is 24.8 Å². The van der Waals surface area contributed by atoms with Gasteiger partial charge in [-0.05, 0) is 30.9 Å². The third kappa shape index (κ3) is 3.74. The maximum atomic E-state index is 12.6. The van der Waals surface area contributed by atoms with Gasteiger partial charge in [0.25, 0.3) is 6.43 Å². The van der Waals surface area contributed by atoms with Crippen molar-refractivity contribution in [3.8, 4) is 0 Å². The number of halogens is 2. The summed E-state index contributed by atoms with van der Waals surface area (Å²) in [6.45, 7) is 1.21. The van der Waals surface area contributed by atoms with Crippen LogP contribution >= 0.6 is 0 Å². The summed E-state index contributed by atoms with van der Waals surface area (Å²) in [7, 11) is 0. The largest absolute Gasteiger partial charge is 0.381 e. The maximum absolute atomic E-state index is 12.6. The van der Waals surface area contributed by atoms with Gasteiger partial charge in [-0.25, -0.2) is 8.78 Å². The highest BCUT2D eigenvalue weighted by molar-refractivity contribution is 5.94. The number of hydrogen-bond donors (Lipinski definition) is 2. The molecule has 2 rings (SSSR count). The van der Waals surface area contributed by atoms with Crippen LogP contribution < -0.4 is 11.1 Å². The number of alkyl halides is 2. The number of anilines is 1. The Labute approximate surface area is 116 Å². The summed E-state index contributed by atoms with van der Waals surface area (Å²) in [5.41, 5.74) is 6.14. The monoisotopic (exact) mass is 284 g/mol. The van der Waals surface area contributed by atoms with Gasteiger partial charge in [0.15, 0.2) is 0 Å². The molecule has 0 aliphatic carbocycles. The molecule has 1 heterocycles. The fourth-order valence-corrected chi connectivity index (χ4v) is 2.27. The number of benzene rings is 1. The fraction of sp³-hybridized carbons (Fsp3) is 0.500. The first kappa shape index (κ1) is 14.9. The van der Waals surface area contributed by atoms with Crippen molar-refractivity contribution in [1.82, 2.24) is 0 Å². The summed E-state index contributed by atoms with van der Waals surface area (Å²) in [6, 6.07) is 4.99. The lowest BCUT2D eigenvalue weighted by Crippen LogP contribution is -2.44. The lowest BCUT2D eigenvalue weighted by Gasteiger charge is -2.26. The van der Waals surface area contributed by atoms with Crippen molar-refractivity contribution < 1.29 is 18.3 Å². The molecular weight excluding hydrogens is 266 g/mol. The number of carbonyl (C=O) groups is 1. The Morgan fingerprint density at radius 2 is 2.05 bits per heavy atom. The summed E-state index contributed by atoms with van der Waals surface area (Å²) in [5, 5.41) is 2.60. The fourth-order valence-electron chi connectivity index (χ4n) is 2.27. The average Bonchev–Trinajstić information content (AvgIpc) is 2.47. The first-order valence-electron chi connectivity index (χ1n) is 6.60. The Morgan fingerprint density at radius 3 is 2.70 bits per heavy atom. The van der Waals surface area contributed by atoms with Crippen molar-refractivity contribution >= 4 is 11.6 Å². The molecule has 0 spiro atoms. The van der Waals surface area contributed by atoms with E-state index >= 15 is 0 Å². The Morgan fingerprint density at radius 1 is 1.35 bits per heavy atom. The molecular formula is C14H18F2N2O2. The van der Waals surface area contributed by atoms with E-state index in [1.165, 1.54) is 18.2 Å². The summed E-state index contributed by atoms with van der Waals surface area (Å²) in [6.07, 6.45) is -1.08. The third-order valence-electron chi connectivity index (χ3n) is 3.48. The molecule has 3 N–H and O–H groups in total. The van der Waals surface area contributed by atoms with Crippen molar-refractivity contribution in [1.29, 1.82) is 0 Å². The Balaban J connectivity index is 1.98. The standard InChI is InChI=1S/C14H18F2N2O2/c15-13(16)10-2-1-3-11(8-10)18-14(19)12(17)9-4-6-20-7-5-9/h1-3,8-9,12-13H,4-7,17H2,(H,18,19). The zero-order valence-corrected chi connectivity index (χ0v) is 11.0. The first-order valence-corrected chi connectivity index (χ1v) is 6.60. The van der Waals surface area contributed by atoms with Crippen LogP contribution in [0.25, 0.3) is 0 Å². The molecule has 0 bridgehead atoms. The van der Waals surface area contributed by atoms with E-state index in [0.29, 0.717) is 18.9 Å². The Kier molecular flexibility index (Phi) is 5.03. The predicted octanol–water partition coefficient (Wildman–Crippen LogP) is 2.32. The van der Waals surface area contributed by atoms with Gasteiger partial charge < -0.3 is 15.8 Å². The van der Waals surface area contributed by atoms with Gasteiger partial charge in [-0.3, -0.25) is 4.79 Å². The molecule has 1 unspecified atom stereocenters. The molecule has 1 fully saturated rings. The Hall–Kier alpha value is -1.53.